The van der Waals surface area contributed by atoms with Gasteiger partial charge in [0, 0.05) is 23.8 Å². The Kier molecular flexibility index (Phi) is 6.86. The highest BCUT2D eigenvalue weighted by Crippen LogP contribution is 2.38. The normalized spacial score (nSPS) is 17.9. The number of fused-ring (bicyclic) bond motifs is 1. The molecule has 0 spiro atoms. The van der Waals surface area contributed by atoms with E-state index >= 15 is 0 Å². The van der Waals surface area contributed by atoms with Crippen LogP contribution in [0.1, 0.15) is 37.3 Å². The summed E-state index contributed by atoms with van der Waals surface area (Å²) in [5.41, 5.74) is 10.3. The lowest BCUT2D eigenvalue weighted by Gasteiger charge is -2.30. The van der Waals surface area contributed by atoms with Crippen molar-refractivity contribution in [3.05, 3.63) is 72.7 Å². The summed E-state index contributed by atoms with van der Waals surface area (Å²) in [6.07, 6.45) is 7.30. The van der Waals surface area contributed by atoms with Gasteiger partial charge < -0.3 is 20.4 Å². The summed E-state index contributed by atoms with van der Waals surface area (Å²) in [5.74, 6) is 1.13. The second-order valence-electron chi connectivity index (χ2n) is 8.92. The number of nitrogen functional groups attached to an aromatic ring is 1. The molecule has 3 N–H and O–H groups in total. The minimum Gasteiger partial charge on any atom is -0.489 e. The van der Waals surface area contributed by atoms with Crippen LogP contribution in [0.25, 0.3) is 22.2 Å². The third-order valence-electron chi connectivity index (χ3n) is 6.61. The van der Waals surface area contributed by atoms with Gasteiger partial charge in [-0.05, 0) is 48.9 Å². The number of nitrogens with zero attached hydrogens (tertiary/aromatic N) is 3. The van der Waals surface area contributed by atoms with Crippen molar-refractivity contribution in [2.24, 2.45) is 0 Å². The van der Waals surface area contributed by atoms with Gasteiger partial charge in [-0.1, -0.05) is 42.5 Å². The monoisotopic (exact) mass is 489 g/mol. The van der Waals surface area contributed by atoms with Crippen LogP contribution in [0.3, 0.4) is 0 Å². The highest BCUT2D eigenvalue weighted by atomic mass is 35.5. The standard InChI is InChI=1S/C27H28ClN5O2/c28-14-24(34)32-20-9-11-21(12-10-20)33-15-23(25-26(29)30-17-31-27(25)33)19-7-4-8-22(13-19)35-16-18-5-2-1-3-6-18/h1-8,13,15,17,20-21H,9-12,14,16H2,(H,32,34)(H2,29,30,31)/t20-,21+. The summed E-state index contributed by atoms with van der Waals surface area (Å²) in [6.45, 7) is 0.501. The molecule has 0 aliphatic heterocycles. The minimum absolute atomic E-state index is 0.00412. The smallest absolute Gasteiger partial charge is 0.235 e. The number of carbonyl (C=O) groups is 1. The molecule has 0 radical (unpaired) electrons. The molecule has 180 valence electrons. The Hall–Kier alpha value is -3.58. The van der Waals surface area contributed by atoms with E-state index in [4.69, 9.17) is 22.1 Å². The van der Waals surface area contributed by atoms with Crippen LogP contribution in [0.5, 0.6) is 5.75 Å². The predicted molar refractivity (Wildman–Crippen MR) is 138 cm³/mol. The van der Waals surface area contributed by atoms with E-state index in [-0.39, 0.29) is 23.9 Å². The molecule has 1 amide bonds. The number of rotatable bonds is 7. The first-order valence-corrected chi connectivity index (χ1v) is 12.4. The third-order valence-corrected chi connectivity index (χ3v) is 6.85. The number of amides is 1. The molecular weight excluding hydrogens is 462 g/mol. The molecule has 2 aromatic carbocycles. The maximum atomic E-state index is 11.7. The Balaban J connectivity index is 1.41. The lowest BCUT2D eigenvalue weighted by molar-refractivity contribution is -0.119. The number of nitrogens with two attached hydrogens (primary N) is 1. The number of aromatic nitrogens is 3. The molecule has 1 aliphatic rings. The highest BCUT2D eigenvalue weighted by molar-refractivity contribution is 6.27. The lowest BCUT2D eigenvalue weighted by Crippen LogP contribution is -2.38. The molecule has 2 heterocycles. The van der Waals surface area contributed by atoms with Crippen LogP contribution < -0.4 is 15.8 Å². The van der Waals surface area contributed by atoms with E-state index in [1.165, 1.54) is 6.33 Å². The van der Waals surface area contributed by atoms with Gasteiger partial charge in [0.05, 0.1) is 5.39 Å². The molecule has 7 nitrogen and oxygen atoms in total. The Labute approximate surface area is 209 Å². The van der Waals surface area contributed by atoms with Crippen molar-refractivity contribution in [2.75, 3.05) is 11.6 Å². The van der Waals surface area contributed by atoms with Crippen molar-refractivity contribution in [3.8, 4) is 16.9 Å². The van der Waals surface area contributed by atoms with Crippen molar-refractivity contribution in [1.82, 2.24) is 19.9 Å². The summed E-state index contributed by atoms with van der Waals surface area (Å²) in [7, 11) is 0. The summed E-state index contributed by atoms with van der Waals surface area (Å²) >= 11 is 5.65. The van der Waals surface area contributed by atoms with Crippen molar-refractivity contribution in [1.29, 1.82) is 0 Å². The fraction of sp³-hybridized carbons (Fsp3) is 0.296. The molecule has 0 bridgehead atoms. The van der Waals surface area contributed by atoms with Gasteiger partial charge >= 0.3 is 0 Å². The second kappa shape index (κ2) is 10.4. The molecule has 0 unspecified atom stereocenters. The second-order valence-corrected chi connectivity index (χ2v) is 9.18. The zero-order chi connectivity index (χ0) is 24.2. The average molecular weight is 490 g/mol. The first-order valence-electron chi connectivity index (χ1n) is 11.9. The quantitative estimate of drug-likeness (QED) is 0.352. The first-order chi connectivity index (χ1) is 17.1. The van der Waals surface area contributed by atoms with Crippen LogP contribution in [0.4, 0.5) is 5.82 Å². The summed E-state index contributed by atoms with van der Waals surface area (Å²) < 4.78 is 8.28. The molecule has 4 aromatic rings. The summed E-state index contributed by atoms with van der Waals surface area (Å²) in [6, 6.07) is 18.6. The van der Waals surface area contributed by atoms with Crippen LogP contribution in [-0.2, 0) is 11.4 Å². The minimum atomic E-state index is -0.112. The van der Waals surface area contributed by atoms with Crippen LogP contribution in [0.2, 0.25) is 0 Å². The number of halogens is 1. The topological polar surface area (TPSA) is 95.1 Å². The van der Waals surface area contributed by atoms with Gasteiger partial charge in [0.25, 0.3) is 0 Å². The molecule has 5 rings (SSSR count). The Morgan fingerprint density at radius 1 is 1.09 bits per heavy atom. The van der Waals surface area contributed by atoms with Crippen LogP contribution in [-0.4, -0.2) is 32.4 Å². The molecule has 8 heteroatoms. The van der Waals surface area contributed by atoms with Gasteiger partial charge in [0.15, 0.2) is 0 Å². The fourth-order valence-electron chi connectivity index (χ4n) is 4.86. The van der Waals surface area contributed by atoms with Crippen LogP contribution in [0.15, 0.2) is 67.1 Å². The molecule has 35 heavy (non-hydrogen) atoms. The SMILES string of the molecule is Nc1ncnc2c1c(-c1cccc(OCc3ccccc3)c1)cn2[C@H]1CC[C@@H](NC(=O)CCl)CC1. The molecular formula is C27H28ClN5O2. The zero-order valence-corrected chi connectivity index (χ0v) is 20.1. The fourth-order valence-corrected chi connectivity index (χ4v) is 4.94. The number of hydrogen-bond donors (Lipinski definition) is 2. The molecule has 0 saturated heterocycles. The third kappa shape index (κ3) is 5.10. The number of hydrogen-bond acceptors (Lipinski definition) is 5. The Bertz CT molecular complexity index is 1320. The number of ether oxygens (including phenoxy) is 1. The largest absolute Gasteiger partial charge is 0.489 e. The van der Waals surface area contributed by atoms with Crippen molar-refractivity contribution in [3.63, 3.8) is 0 Å². The van der Waals surface area contributed by atoms with Gasteiger partial charge in [-0.25, -0.2) is 9.97 Å². The van der Waals surface area contributed by atoms with E-state index in [0.717, 1.165) is 59.2 Å². The number of anilines is 1. The average Bonchev–Trinajstić information content (AvgIpc) is 3.30. The van der Waals surface area contributed by atoms with E-state index in [2.05, 4.69) is 32.1 Å². The molecule has 1 saturated carbocycles. The molecule has 1 aliphatic carbocycles. The summed E-state index contributed by atoms with van der Waals surface area (Å²) in [4.78, 5) is 20.5. The predicted octanol–water partition coefficient (Wildman–Crippen LogP) is 5.10. The number of alkyl halides is 1. The van der Waals surface area contributed by atoms with Gasteiger partial charge in [-0.2, -0.15) is 0 Å². The van der Waals surface area contributed by atoms with E-state index in [9.17, 15) is 4.79 Å². The lowest BCUT2D eigenvalue weighted by atomic mass is 9.91. The Morgan fingerprint density at radius 3 is 2.66 bits per heavy atom. The van der Waals surface area contributed by atoms with Gasteiger partial charge in [0.2, 0.25) is 5.91 Å². The van der Waals surface area contributed by atoms with E-state index in [0.29, 0.717) is 12.4 Å². The number of carbonyl (C=O) groups excluding carboxylic acids is 1. The van der Waals surface area contributed by atoms with Crippen LogP contribution >= 0.6 is 11.6 Å². The van der Waals surface area contributed by atoms with Crippen molar-refractivity contribution in [2.45, 2.75) is 44.4 Å². The van der Waals surface area contributed by atoms with Crippen molar-refractivity contribution < 1.29 is 9.53 Å². The van der Waals surface area contributed by atoms with Gasteiger partial charge in [0.1, 0.15) is 36.0 Å². The van der Waals surface area contributed by atoms with E-state index in [1.54, 1.807) is 0 Å². The van der Waals surface area contributed by atoms with Crippen LogP contribution in [0, 0.1) is 0 Å². The van der Waals surface area contributed by atoms with Gasteiger partial charge in [-0.3, -0.25) is 4.79 Å². The number of nitrogens with one attached hydrogen (secondary N) is 1. The molecule has 0 atom stereocenters. The highest BCUT2D eigenvalue weighted by Gasteiger charge is 2.26. The van der Waals surface area contributed by atoms with E-state index in [1.807, 2.05) is 48.5 Å². The molecule has 2 aromatic heterocycles. The zero-order valence-electron chi connectivity index (χ0n) is 19.4. The van der Waals surface area contributed by atoms with Gasteiger partial charge in [-0.15, -0.1) is 11.6 Å². The maximum Gasteiger partial charge on any atom is 0.235 e. The first kappa shape index (κ1) is 23.2. The number of benzene rings is 2. The maximum absolute atomic E-state index is 11.7. The Morgan fingerprint density at radius 2 is 1.89 bits per heavy atom. The summed E-state index contributed by atoms with van der Waals surface area (Å²) in [5, 5.41) is 3.86. The van der Waals surface area contributed by atoms with Crippen molar-refractivity contribution >= 4 is 34.4 Å². The van der Waals surface area contributed by atoms with E-state index < -0.39 is 0 Å². The molecule has 1 fully saturated rings.